The molecule has 0 aliphatic carbocycles. The van der Waals surface area contributed by atoms with Crippen LogP contribution in [0.4, 0.5) is 0 Å². The Morgan fingerprint density at radius 2 is 1.86 bits per heavy atom. The Morgan fingerprint density at radius 1 is 1.07 bits per heavy atom. The molecule has 1 fully saturated rings. The predicted molar refractivity (Wildman–Crippen MR) is 110 cm³/mol. The Kier molecular flexibility index (Phi) is 9.52. The second kappa shape index (κ2) is 12.2. The average Bonchev–Trinajstić information content (AvgIpc) is 2.72. The monoisotopic (exact) mass is 387 g/mol. The summed E-state index contributed by atoms with van der Waals surface area (Å²) < 4.78 is 0. The molecule has 0 spiro atoms. The van der Waals surface area contributed by atoms with E-state index in [0.29, 0.717) is 19.6 Å². The van der Waals surface area contributed by atoms with Gasteiger partial charge in [0, 0.05) is 19.6 Å². The van der Waals surface area contributed by atoms with E-state index >= 15 is 0 Å². The lowest BCUT2D eigenvalue weighted by Gasteiger charge is -2.32. The van der Waals surface area contributed by atoms with Crippen LogP contribution in [0.25, 0.3) is 0 Å². The highest BCUT2D eigenvalue weighted by atomic mass is 16.2. The van der Waals surface area contributed by atoms with Gasteiger partial charge in [0.1, 0.15) is 0 Å². The maximum absolute atomic E-state index is 12.4. The quantitative estimate of drug-likeness (QED) is 0.605. The molecule has 1 saturated heterocycles. The summed E-state index contributed by atoms with van der Waals surface area (Å²) in [6.07, 6.45) is 6.39. The molecule has 28 heavy (non-hydrogen) atoms. The summed E-state index contributed by atoms with van der Waals surface area (Å²) in [5, 5.41) is 5.70. The highest BCUT2D eigenvalue weighted by Crippen LogP contribution is 2.16. The first kappa shape index (κ1) is 21.9. The highest BCUT2D eigenvalue weighted by Gasteiger charge is 2.28. The maximum atomic E-state index is 12.4. The van der Waals surface area contributed by atoms with Crippen molar-refractivity contribution in [3.8, 4) is 0 Å². The van der Waals surface area contributed by atoms with Crippen molar-refractivity contribution >= 4 is 17.7 Å². The predicted octanol–water partition coefficient (Wildman–Crippen LogP) is 2.28. The summed E-state index contributed by atoms with van der Waals surface area (Å²) in [6, 6.07) is 9.45. The van der Waals surface area contributed by atoms with Crippen LogP contribution < -0.4 is 10.6 Å². The lowest BCUT2D eigenvalue weighted by atomic mass is 9.97. The number of unbranched alkanes of at least 4 members (excludes halogenated alkanes) is 3. The van der Waals surface area contributed by atoms with Gasteiger partial charge < -0.3 is 15.5 Å². The molecule has 0 radical (unpaired) electrons. The van der Waals surface area contributed by atoms with Crippen molar-refractivity contribution in [2.75, 3.05) is 26.2 Å². The minimum atomic E-state index is -0.169. The Balaban J connectivity index is 1.69. The molecule has 6 heteroatoms. The van der Waals surface area contributed by atoms with Gasteiger partial charge in [0.05, 0.1) is 18.9 Å². The average molecular weight is 388 g/mol. The van der Waals surface area contributed by atoms with Crippen molar-refractivity contribution in [3.63, 3.8) is 0 Å². The molecule has 1 aliphatic heterocycles. The number of nitrogens with zero attached hydrogens (tertiary/aromatic N) is 1. The van der Waals surface area contributed by atoms with Crippen LogP contribution >= 0.6 is 0 Å². The smallest absolute Gasteiger partial charge is 0.241 e. The highest BCUT2D eigenvalue weighted by molar-refractivity contribution is 5.86. The molecule has 1 heterocycles. The molecule has 2 N–H and O–H groups in total. The molecule has 1 aliphatic rings. The number of piperidine rings is 1. The summed E-state index contributed by atoms with van der Waals surface area (Å²) in [4.78, 5) is 38.5. The number of benzene rings is 1. The number of hydrogen-bond donors (Lipinski definition) is 2. The van der Waals surface area contributed by atoms with Gasteiger partial charge in [-0.25, -0.2) is 0 Å². The fourth-order valence-corrected chi connectivity index (χ4v) is 3.46. The van der Waals surface area contributed by atoms with Gasteiger partial charge >= 0.3 is 0 Å². The van der Waals surface area contributed by atoms with E-state index in [1.54, 1.807) is 4.90 Å². The van der Waals surface area contributed by atoms with E-state index in [0.717, 1.165) is 31.2 Å². The summed E-state index contributed by atoms with van der Waals surface area (Å²) in [5.74, 6) is -0.397. The third-order valence-electron chi connectivity index (χ3n) is 5.12. The molecular formula is C22H33N3O3. The lowest BCUT2D eigenvalue weighted by molar-refractivity contribution is -0.136. The van der Waals surface area contributed by atoms with Gasteiger partial charge in [-0.3, -0.25) is 14.4 Å². The van der Waals surface area contributed by atoms with Crippen LogP contribution in [-0.2, 0) is 20.8 Å². The van der Waals surface area contributed by atoms with Crippen molar-refractivity contribution in [1.29, 1.82) is 0 Å². The second-order valence-corrected chi connectivity index (χ2v) is 7.47. The Hall–Kier alpha value is -2.37. The van der Waals surface area contributed by atoms with Gasteiger partial charge in [0.2, 0.25) is 17.7 Å². The van der Waals surface area contributed by atoms with E-state index in [1.165, 1.54) is 12.8 Å². The fourth-order valence-electron chi connectivity index (χ4n) is 3.46. The van der Waals surface area contributed by atoms with Crippen LogP contribution in [0.3, 0.4) is 0 Å². The first-order valence-electron chi connectivity index (χ1n) is 10.5. The molecule has 0 saturated carbocycles. The van der Waals surface area contributed by atoms with Gasteiger partial charge in [-0.15, -0.1) is 0 Å². The van der Waals surface area contributed by atoms with Crippen LogP contribution in [0, 0.1) is 5.92 Å². The molecule has 0 bridgehead atoms. The third-order valence-corrected chi connectivity index (χ3v) is 5.12. The second-order valence-electron chi connectivity index (χ2n) is 7.47. The van der Waals surface area contributed by atoms with Crippen molar-refractivity contribution < 1.29 is 14.4 Å². The number of hydrogen-bond acceptors (Lipinski definition) is 3. The van der Waals surface area contributed by atoms with Crippen LogP contribution in [-0.4, -0.2) is 48.8 Å². The van der Waals surface area contributed by atoms with Gasteiger partial charge in [-0.2, -0.15) is 0 Å². The molecule has 1 aromatic rings. The van der Waals surface area contributed by atoms with E-state index in [1.807, 2.05) is 30.3 Å². The van der Waals surface area contributed by atoms with E-state index in [-0.39, 0.29) is 36.6 Å². The van der Waals surface area contributed by atoms with E-state index in [4.69, 9.17) is 0 Å². The zero-order valence-corrected chi connectivity index (χ0v) is 16.9. The number of likely N-dealkylation sites (tertiary alicyclic amines) is 1. The molecule has 1 atom stereocenters. The third kappa shape index (κ3) is 7.71. The first-order chi connectivity index (χ1) is 13.6. The summed E-state index contributed by atoms with van der Waals surface area (Å²) >= 11 is 0. The molecule has 0 aromatic heterocycles. The van der Waals surface area contributed by atoms with Crippen LogP contribution in [0.1, 0.15) is 51.0 Å². The number of carbonyl (C=O) groups excluding carboxylic acids is 3. The standard InChI is InChI=1S/C22H33N3O3/c1-2-3-4-8-13-23-22(28)19-12-9-14-25(17-19)21(27)16-24-20(26)15-18-10-6-5-7-11-18/h5-7,10-11,19H,2-4,8-9,12-17H2,1H3,(H,23,28)(H,24,26). The first-order valence-corrected chi connectivity index (χ1v) is 10.5. The zero-order valence-electron chi connectivity index (χ0n) is 16.9. The number of carbonyl (C=O) groups is 3. The minimum absolute atomic E-state index is 0.0168. The maximum Gasteiger partial charge on any atom is 0.241 e. The van der Waals surface area contributed by atoms with Gasteiger partial charge in [0.25, 0.3) is 0 Å². The number of nitrogens with one attached hydrogen (secondary N) is 2. The number of amides is 3. The van der Waals surface area contributed by atoms with Crippen molar-refractivity contribution in [3.05, 3.63) is 35.9 Å². The fraction of sp³-hybridized carbons (Fsp3) is 0.591. The van der Waals surface area contributed by atoms with E-state index in [2.05, 4.69) is 17.6 Å². The van der Waals surface area contributed by atoms with Gasteiger partial charge in [-0.05, 0) is 24.8 Å². The Bertz CT molecular complexity index is 633. The minimum Gasteiger partial charge on any atom is -0.356 e. The molecule has 6 nitrogen and oxygen atoms in total. The molecule has 1 unspecified atom stereocenters. The summed E-state index contributed by atoms with van der Waals surface area (Å²) in [5.41, 5.74) is 0.918. The molecule has 3 amide bonds. The number of rotatable bonds is 10. The molecule has 154 valence electrons. The molecule has 2 rings (SSSR count). The van der Waals surface area contributed by atoms with Gasteiger partial charge in [-0.1, -0.05) is 56.5 Å². The van der Waals surface area contributed by atoms with E-state index in [9.17, 15) is 14.4 Å². The summed E-state index contributed by atoms with van der Waals surface area (Å²) in [7, 11) is 0. The van der Waals surface area contributed by atoms with Crippen molar-refractivity contribution in [2.24, 2.45) is 5.92 Å². The van der Waals surface area contributed by atoms with Crippen molar-refractivity contribution in [2.45, 2.75) is 51.9 Å². The van der Waals surface area contributed by atoms with Gasteiger partial charge in [0.15, 0.2) is 0 Å². The normalized spacial score (nSPS) is 16.5. The summed E-state index contributed by atoms with van der Waals surface area (Å²) in [6.45, 7) is 3.94. The van der Waals surface area contributed by atoms with Crippen LogP contribution in [0.2, 0.25) is 0 Å². The molecular weight excluding hydrogens is 354 g/mol. The van der Waals surface area contributed by atoms with E-state index < -0.39 is 0 Å². The van der Waals surface area contributed by atoms with Crippen LogP contribution in [0.15, 0.2) is 30.3 Å². The lowest BCUT2D eigenvalue weighted by Crippen LogP contribution is -2.48. The van der Waals surface area contributed by atoms with Crippen LogP contribution in [0.5, 0.6) is 0 Å². The van der Waals surface area contributed by atoms with Crippen molar-refractivity contribution in [1.82, 2.24) is 15.5 Å². The molecule has 1 aromatic carbocycles. The largest absolute Gasteiger partial charge is 0.356 e. The SMILES string of the molecule is CCCCCCNC(=O)C1CCCN(C(=O)CNC(=O)Cc2ccccc2)C1. The Labute approximate surface area is 168 Å². The Morgan fingerprint density at radius 3 is 2.61 bits per heavy atom. The topological polar surface area (TPSA) is 78.5 Å². The zero-order chi connectivity index (χ0) is 20.2.